The van der Waals surface area contributed by atoms with E-state index in [4.69, 9.17) is 16.8 Å². The molecule has 0 unspecified atom stereocenters. The summed E-state index contributed by atoms with van der Waals surface area (Å²) in [5.74, 6) is 0.218. The first-order valence-electron chi connectivity index (χ1n) is 22.3. The van der Waals surface area contributed by atoms with Crippen LogP contribution in [0.15, 0.2) is 186 Å². The van der Waals surface area contributed by atoms with E-state index in [1.165, 1.54) is 0 Å². The van der Waals surface area contributed by atoms with Crippen molar-refractivity contribution in [3.63, 3.8) is 0 Å². The molecule has 0 bridgehead atoms. The van der Waals surface area contributed by atoms with Crippen molar-refractivity contribution in [2.75, 3.05) is 0 Å². The first-order valence-corrected chi connectivity index (χ1v) is 15.8. The average Bonchev–Trinajstić information content (AvgIpc) is 3.67. The zero-order valence-corrected chi connectivity index (χ0v) is 25.7. The average molecular weight is 636 g/mol. The summed E-state index contributed by atoms with van der Waals surface area (Å²) in [6, 6.07) is 24.5. The number of fused-ring (bicyclic) bond motifs is 6. The van der Waals surface area contributed by atoms with E-state index in [2.05, 4.69) is 0 Å². The molecule has 228 valence electrons. The van der Waals surface area contributed by atoms with Gasteiger partial charge in [0.25, 0.3) is 0 Å². The third kappa shape index (κ3) is 4.33. The molecule has 1 nitrogen and oxygen atoms in total. The number of hydrogen-bond donors (Lipinski definition) is 0. The van der Waals surface area contributed by atoms with Crippen LogP contribution in [0.1, 0.15) is 17.8 Å². The van der Waals surface area contributed by atoms with Crippen LogP contribution in [0, 0.1) is 0 Å². The summed E-state index contributed by atoms with van der Waals surface area (Å²) in [5, 5.41) is 3.77. The Hall–Kier alpha value is -6.44. The van der Waals surface area contributed by atoms with Crippen LogP contribution in [0.5, 0.6) is 0 Å². The van der Waals surface area contributed by atoms with Crippen LogP contribution in [0.25, 0.3) is 98.8 Å². The molecule has 10 rings (SSSR count). The van der Waals surface area contributed by atoms with Crippen molar-refractivity contribution in [2.45, 2.75) is 0 Å². The lowest BCUT2D eigenvalue weighted by atomic mass is 9.84. The Morgan fingerprint density at radius 1 is 0.367 bits per heavy atom. The van der Waals surface area contributed by atoms with Crippen molar-refractivity contribution in [3.8, 4) is 44.7 Å². The standard InChI is InChI=1S/C48H30O/c1-3-15-31(16-4-1)33-27-28-44-43(29-33)47(48(49-44)42-30-34-19-7-8-20-35(34)36-21-9-10-22-37(36)42)46-40-25-13-11-23-38(40)45(32-17-5-2-6-18-32)39-24-12-14-26-41(39)46/h1-30H/i1D,3D,4D,11D,12D,13D,14D,15D,16D,23D,24D,25D,26D. The summed E-state index contributed by atoms with van der Waals surface area (Å²) in [6.45, 7) is 0. The molecule has 1 heteroatoms. The van der Waals surface area contributed by atoms with E-state index in [0.29, 0.717) is 16.5 Å². The second kappa shape index (κ2) is 11.1. The summed E-state index contributed by atoms with van der Waals surface area (Å²) >= 11 is 0. The summed E-state index contributed by atoms with van der Waals surface area (Å²) in [4.78, 5) is 0. The van der Waals surface area contributed by atoms with Crippen LogP contribution in [0.4, 0.5) is 0 Å². The second-order valence-corrected chi connectivity index (χ2v) is 11.8. The molecule has 0 atom stereocenters. The van der Waals surface area contributed by atoms with Crippen molar-refractivity contribution >= 4 is 54.1 Å². The van der Waals surface area contributed by atoms with Gasteiger partial charge in [0.2, 0.25) is 0 Å². The highest BCUT2D eigenvalue weighted by Gasteiger charge is 2.25. The molecule has 49 heavy (non-hydrogen) atoms. The largest absolute Gasteiger partial charge is 0.455 e. The number of rotatable bonds is 4. The highest BCUT2D eigenvalue weighted by Crippen LogP contribution is 2.51. The van der Waals surface area contributed by atoms with Gasteiger partial charge in [0.15, 0.2) is 0 Å². The van der Waals surface area contributed by atoms with Gasteiger partial charge in [0.1, 0.15) is 11.3 Å². The fraction of sp³-hybridized carbons (Fsp3) is 0. The quantitative estimate of drug-likeness (QED) is 0.139. The van der Waals surface area contributed by atoms with Crippen molar-refractivity contribution in [1.82, 2.24) is 0 Å². The molecule has 9 aromatic carbocycles. The third-order valence-corrected chi connectivity index (χ3v) is 9.18. The normalized spacial score (nSPS) is 15.4. The smallest absolute Gasteiger partial charge is 0.143 e. The van der Waals surface area contributed by atoms with Gasteiger partial charge in [0.05, 0.1) is 17.8 Å². The lowest BCUT2D eigenvalue weighted by Crippen LogP contribution is -1.92. The van der Waals surface area contributed by atoms with Crippen molar-refractivity contribution in [1.29, 1.82) is 0 Å². The fourth-order valence-corrected chi connectivity index (χ4v) is 7.10. The third-order valence-electron chi connectivity index (χ3n) is 9.18. The number of furan rings is 1. The van der Waals surface area contributed by atoms with Crippen LogP contribution in [-0.4, -0.2) is 0 Å². The van der Waals surface area contributed by atoms with E-state index in [1.54, 1.807) is 48.5 Å². The summed E-state index contributed by atoms with van der Waals surface area (Å²) in [7, 11) is 0. The van der Waals surface area contributed by atoms with Gasteiger partial charge in [-0.15, -0.1) is 0 Å². The predicted molar refractivity (Wildman–Crippen MR) is 208 cm³/mol. The van der Waals surface area contributed by atoms with Gasteiger partial charge >= 0.3 is 0 Å². The van der Waals surface area contributed by atoms with Crippen LogP contribution in [0.3, 0.4) is 0 Å². The topological polar surface area (TPSA) is 13.1 Å². The number of benzene rings is 9. The Morgan fingerprint density at radius 2 is 0.959 bits per heavy atom. The van der Waals surface area contributed by atoms with Crippen LogP contribution < -0.4 is 0 Å². The summed E-state index contributed by atoms with van der Waals surface area (Å²) in [6.07, 6.45) is 0. The van der Waals surface area contributed by atoms with Gasteiger partial charge < -0.3 is 4.42 Å². The monoisotopic (exact) mass is 635 g/mol. The SMILES string of the molecule is [2H]c1c([2H])c([2H])c(-c2ccc3oc(-c4cc5ccccc5c5ccccc45)c(-c4c5c([2H])c([2H])c([2H])c([2H])c5c(-c5ccccc5)c5c([2H])c([2H])c([2H])c([2H])c45)c3c2)c([2H])c1[2H]. The minimum absolute atomic E-state index is 0.0189. The lowest BCUT2D eigenvalue weighted by Gasteiger charge is -2.18. The molecule has 0 saturated heterocycles. The molecule has 10 aromatic rings. The Kier molecular flexibility index (Phi) is 3.99. The van der Waals surface area contributed by atoms with E-state index in [0.717, 1.165) is 21.5 Å². The molecular formula is C48H30O. The molecule has 0 radical (unpaired) electrons. The van der Waals surface area contributed by atoms with E-state index in [-0.39, 0.29) is 60.7 Å². The fourth-order valence-electron chi connectivity index (χ4n) is 7.10. The van der Waals surface area contributed by atoms with E-state index in [1.807, 2.05) is 54.6 Å². The second-order valence-electron chi connectivity index (χ2n) is 11.8. The van der Waals surface area contributed by atoms with Crippen LogP contribution in [0.2, 0.25) is 0 Å². The maximum absolute atomic E-state index is 9.62. The van der Waals surface area contributed by atoms with Crippen molar-refractivity contribution in [2.24, 2.45) is 0 Å². The maximum Gasteiger partial charge on any atom is 0.143 e. The molecule has 0 aliphatic carbocycles. The molecule has 1 aromatic heterocycles. The molecule has 0 saturated carbocycles. The van der Waals surface area contributed by atoms with Gasteiger partial charge in [-0.1, -0.05) is 163 Å². The van der Waals surface area contributed by atoms with Crippen LogP contribution >= 0.6 is 0 Å². The molecule has 0 aliphatic heterocycles. The molecule has 1 heterocycles. The molecule has 0 aliphatic rings. The zero-order chi connectivity index (χ0) is 43.6. The Bertz CT molecular complexity index is 3510. The predicted octanol–water partition coefficient (Wildman–Crippen LogP) is 13.7. The lowest BCUT2D eigenvalue weighted by molar-refractivity contribution is 0.633. The highest BCUT2D eigenvalue weighted by molar-refractivity contribution is 6.26. The highest BCUT2D eigenvalue weighted by atomic mass is 16.3. The summed E-state index contributed by atoms with van der Waals surface area (Å²) in [5.41, 5.74) is 1.92. The first kappa shape index (κ1) is 17.6. The van der Waals surface area contributed by atoms with E-state index < -0.39 is 78.6 Å². The number of hydrogen-bond acceptors (Lipinski definition) is 1. The Balaban J connectivity index is 1.51. The Morgan fingerprint density at radius 3 is 1.67 bits per heavy atom. The molecule has 0 fully saturated rings. The molecule has 0 amide bonds. The van der Waals surface area contributed by atoms with E-state index >= 15 is 0 Å². The van der Waals surface area contributed by atoms with Crippen molar-refractivity contribution in [3.05, 3.63) is 182 Å². The Labute approximate surface area is 302 Å². The van der Waals surface area contributed by atoms with Gasteiger partial charge in [-0.3, -0.25) is 0 Å². The molecule has 0 spiro atoms. The van der Waals surface area contributed by atoms with Gasteiger partial charge in [-0.25, -0.2) is 0 Å². The van der Waals surface area contributed by atoms with Gasteiger partial charge in [0, 0.05) is 22.1 Å². The van der Waals surface area contributed by atoms with Crippen LogP contribution in [-0.2, 0) is 0 Å². The molecule has 0 N–H and O–H groups in total. The minimum atomic E-state index is -0.562. The maximum atomic E-state index is 9.62. The van der Waals surface area contributed by atoms with Gasteiger partial charge in [-0.05, 0) is 83.5 Å². The molecular weight excluding hydrogens is 593 g/mol. The minimum Gasteiger partial charge on any atom is -0.455 e. The van der Waals surface area contributed by atoms with E-state index in [9.17, 15) is 5.48 Å². The first-order chi connectivity index (χ1) is 29.7. The van der Waals surface area contributed by atoms with Crippen molar-refractivity contribution < 1.29 is 22.2 Å². The van der Waals surface area contributed by atoms with Gasteiger partial charge in [-0.2, -0.15) is 0 Å². The summed E-state index contributed by atoms with van der Waals surface area (Å²) < 4.78 is 124. The zero-order valence-electron chi connectivity index (χ0n) is 38.7.